The van der Waals surface area contributed by atoms with E-state index < -0.39 is 23.1 Å². The minimum atomic E-state index is -0.819. The largest absolute Gasteiger partial charge is 0.493 e. The zero-order chi connectivity index (χ0) is 36.0. The quantitative estimate of drug-likeness (QED) is 0.155. The van der Waals surface area contributed by atoms with E-state index in [1.54, 1.807) is 19.1 Å². The number of benzene rings is 3. The first-order valence-corrected chi connectivity index (χ1v) is 17.0. The Hall–Kier alpha value is -5.73. The van der Waals surface area contributed by atoms with Crippen LogP contribution in [0.5, 0.6) is 34.5 Å². The zero-order valence-corrected chi connectivity index (χ0v) is 28.4. The number of morpholine rings is 1. The lowest BCUT2D eigenvalue weighted by Gasteiger charge is -2.26. The van der Waals surface area contributed by atoms with E-state index in [0.717, 1.165) is 45.3 Å². The average molecular weight is 715 g/mol. The van der Waals surface area contributed by atoms with E-state index in [1.165, 1.54) is 59.4 Å². The second kappa shape index (κ2) is 15.7. The van der Waals surface area contributed by atoms with Crippen LogP contribution in [0.4, 0.5) is 14.5 Å². The normalized spacial score (nSPS) is 14.2. The Balaban J connectivity index is 1.10. The van der Waals surface area contributed by atoms with Gasteiger partial charge in [0.2, 0.25) is 5.75 Å². The highest BCUT2D eigenvalue weighted by atomic mass is 19.1. The van der Waals surface area contributed by atoms with E-state index in [4.69, 9.17) is 28.4 Å². The smallest absolute Gasteiger partial charge is 0.271 e. The number of hydrogen-bond donors (Lipinski definition) is 1. The molecule has 2 aromatic heterocycles. The fourth-order valence-electron chi connectivity index (χ4n) is 6.04. The number of rotatable bonds is 12. The number of anilines is 1. The van der Waals surface area contributed by atoms with Crippen LogP contribution in [0.1, 0.15) is 23.7 Å². The molecule has 14 heteroatoms. The Bertz CT molecular complexity index is 2140. The molecule has 1 saturated heterocycles. The van der Waals surface area contributed by atoms with Crippen molar-refractivity contribution in [1.29, 1.82) is 0 Å². The fraction of sp³-hybridized carbons (Fsp3) is 0.289. The number of amides is 1. The average Bonchev–Trinajstić information content (AvgIpc) is 3.15. The molecule has 0 atom stereocenters. The van der Waals surface area contributed by atoms with Crippen molar-refractivity contribution in [3.63, 3.8) is 0 Å². The third-order valence-corrected chi connectivity index (χ3v) is 8.52. The number of halogens is 2. The third kappa shape index (κ3) is 7.48. The lowest BCUT2D eigenvalue weighted by Crippen LogP contribution is -2.37. The molecule has 0 bridgehead atoms. The van der Waals surface area contributed by atoms with Gasteiger partial charge in [0.15, 0.2) is 23.1 Å². The highest BCUT2D eigenvalue weighted by Gasteiger charge is 2.26. The second-order valence-electron chi connectivity index (χ2n) is 11.9. The van der Waals surface area contributed by atoms with Crippen molar-refractivity contribution in [3.05, 3.63) is 101 Å². The first-order valence-electron chi connectivity index (χ1n) is 17.0. The van der Waals surface area contributed by atoms with Crippen LogP contribution >= 0.6 is 0 Å². The summed E-state index contributed by atoms with van der Waals surface area (Å²) in [6.07, 6.45) is 3.78. The van der Waals surface area contributed by atoms with Crippen LogP contribution in [0, 0.1) is 11.6 Å². The van der Waals surface area contributed by atoms with E-state index >= 15 is 4.39 Å². The molecule has 0 aliphatic carbocycles. The molecule has 1 N–H and O–H groups in total. The second-order valence-corrected chi connectivity index (χ2v) is 11.9. The SMILES string of the molecule is CCOc1ccn(-c2ccc(F)cc2)c(=O)c1C(=O)Nc1ccc(Oc2ccnc3cc(OCCCN4CCOCC4)c4c(c23)OCCO4)c(F)c1. The molecule has 3 aromatic carbocycles. The van der Waals surface area contributed by atoms with E-state index in [1.807, 2.05) is 0 Å². The molecule has 0 radical (unpaired) electrons. The number of ether oxygens (including phenoxy) is 6. The van der Waals surface area contributed by atoms with Crippen LogP contribution in [0.2, 0.25) is 0 Å². The standard InChI is InChI=1S/C38H36F2N4O8/c1-2-48-30-11-14-44(26-7-4-24(39)5-8-26)38(46)34(30)37(45)42-25-6-9-29(27(40)22-25)52-31-10-12-41-28-23-32(35-36(33(28)31)51-21-20-50-35)49-17-3-13-43-15-18-47-19-16-43/h4-12,14,22-23H,2-3,13,15-21H2,1H3,(H,42,45). The van der Waals surface area contributed by atoms with E-state index in [9.17, 15) is 14.0 Å². The van der Waals surface area contributed by atoms with Gasteiger partial charge in [-0.25, -0.2) is 8.78 Å². The van der Waals surface area contributed by atoms with Gasteiger partial charge in [0.25, 0.3) is 11.5 Å². The molecule has 2 aliphatic heterocycles. The number of nitrogens with zero attached hydrogens (tertiary/aromatic N) is 3. The fourth-order valence-corrected chi connectivity index (χ4v) is 6.04. The van der Waals surface area contributed by atoms with Gasteiger partial charge >= 0.3 is 0 Å². The number of carbonyl (C=O) groups excluding carboxylic acids is 1. The van der Waals surface area contributed by atoms with Gasteiger partial charge in [-0.1, -0.05) is 0 Å². The van der Waals surface area contributed by atoms with Crippen molar-refractivity contribution < 1.29 is 42.0 Å². The number of fused-ring (bicyclic) bond motifs is 3. The summed E-state index contributed by atoms with van der Waals surface area (Å²) >= 11 is 0. The molecule has 1 amide bonds. The third-order valence-electron chi connectivity index (χ3n) is 8.52. The number of pyridine rings is 2. The maximum Gasteiger partial charge on any atom is 0.271 e. The molecule has 0 spiro atoms. The van der Waals surface area contributed by atoms with Crippen LogP contribution in [0.15, 0.2) is 77.9 Å². The van der Waals surface area contributed by atoms with E-state index in [-0.39, 0.29) is 35.1 Å². The Morgan fingerprint density at radius 3 is 2.44 bits per heavy atom. The van der Waals surface area contributed by atoms with E-state index in [2.05, 4.69) is 15.2 Å². The lowest BCUT2D eigenvalue weighted by atomic mass is 10.1. The van der Waals surface area contributed by atoms with Crippen LogP contribution in [-0.4, -0.2) is 79.6 Å². The molecule has 0 unspecified atom stereocenters. The summed E-state index contributed by atoms with van der Waals surface area (Å²) in [7, 11) is 0. The van der Waals surface area contributed by atoms with Gasteiger partial charge < -0.3 is 33.7 Å². The van der Waals surface area contributed by atoms with Gasteiger partial charge in [-0.2, -0.15) is 0 Å². The molecule has 52 heavy (non-hydrogen) atoms. The zero-order valence-electron chi connectivity index (χ0n) is 28.4. The molecule has 0 saturated carbocycles. The predicted molar refractivity (Wildman–Crippen MR) is 188 cm³/mol. The Labute approximate surface area is 297 Å². The summed E-state index contributed by atoms with van der Waals surface area (Å²) in [5.74, 6) is -0.581. The van der Waals surface area contributed by atoms with Crippen molar-refractivity contribution >= 4 is 22.5 Å². The molecule has 1 fully saturated rings. The van der Waals surface area contributed by atoms with Crippen LogP contribution in [0.3, 0.4) is 0 Å². The number of nitrogens with one attached hydrogen (secondary N) is 1. The maximum absolute atomic E-state index is 15.6. The number of aromatic nitrogens is 2. The summed E-state index contributed by atoms with van der Waals surface area (Å²) in [5, 5.41) is 3.06. The molecule has 270 valence electrons. The summed E-state index contributed by atoms with van der Waals surface area (Å²) in [6.45, 7) is 7.15. The van der Waals surface area contributed by atoms with Gasteiger partial charge in [-0.05, 0) is 61.9 Å². The van der Waals surface area contributed by atoms with Crippen molar-refractivity contribution in [2.45, 2.75) is 13.3 Å². The van der Waals surface area contributed by atoms with Crippen LogP contribution < -0.4 is 34.6 Å². The van der Waals surface area contributed by atoms with Gasteiger partial charge in [0.1, 0.15) is 36.1 Å². The summed E-state index contributed by atoms with van der Waals surface area (Å²) < 4.78 is 65.5. The number of hydrogen-bond acceptors (Lipinski definition) is 10. The highest BCUT2D eigenvalue weighted by molar-refractivity contribution is 6.06. The Kier molecular flexibility index (Phi) is 10.5. The van der Waals surface area contributed by atoms with Crippen molar-refractivity contribution in [2.24, 2.45) is 0 Å². The molecular weight excluding hydrogens is 678 g/mol. The Morgan fingerprint density at radius 1 is 0.885 bits per heavy atom. The summed E-state index contributed by atoms with van der Waals surface area (Å²) in [4.78, 5) is 33.7. The van der Waals surface area contributed by atoms with Gasteiger partial charge in [-0.15, -0.1) is 0 Å². The molecular formula is C38H36F2N4O8. The van der Waals surface area contributed by atoms with Crippen molar-refractivity contribution in [1.82, 2.24) is 14.5 Å². The minimum absolute atomic E-state index is 0.0458. The summed E-state index contributed by atoms with van der Waals surface area (Å²) in [5.41, 5.74) is -0.0751. The molecule has 7 rings (SSSR count). The molecule has 4 heterocycles. The molecule has 2 aliphatic rings. The first kappa shape index (κ1) is 34.7. The van der Waals surface area contributed by atoms with Crippen molar-refractivity contribution in [3.8, 4) is 40.2 Å². The Morgan fingerprint density at radius 2 is 1.67 bits per heavy atom. The maximum atomic E-state index is 15.6. The summed E-state index contributed by atoms with van der Waals surface area (Å²) in [6, 6.07) is 13.9. The lowest BCUT2D eigenvalue weighted by molar-refractivity contribution is 0.0357. The molecule has 12 nitrogen and oxygen atoms in total. The topological polar surface area (TPSA) is 123 Å². The van der Waals surface area contributed by atoms with Gasteiger partial charge in [-0.3, -0.25) is 24.0 Å². The van der Waals surface area contributed by atoms with E-state index in [0.29, 0.717) is 53.7 Å². The number of carbonyl (C=O) groups is 1. The molecule has 5 aromatic rings. The minimum Gasteiger partial charge on any atom is -0.493 e. The van der Waals surface area contributed by atoms with Crippen molar-refractivity contribution in [2.75, 3.05) is 64.6 Å². The van der Waals surface area contributed by atoms with Crippen LogP contribution in [0.25, 0.3) is 16.6 Å². The monoisotopic (exact) mass is 714 g/mol. The van der Waals surface area contributed by atoms with Gasteiger partial charge in [0, 0.05) is 55.5 Å². The predicted octanol–water partition coefficient (Wildman–Crippen LogP) is 5.98. The first-order chi connectivity index (χ1) is 25.4. The van der Waals surface area contributed by atoms with Crippen LogP contribution in [-0.2, 0) is 4.74 Å². The van der Waals surface area contributed by atoms with Gasteiger partial charge in [0.05, 0.1) is 37.3 Å². The highest BCUT2D eigenvalue weighted by Crippen LogP contribution is 2.48.